The van der Waals surface area contributed by atoms with Crippen molar-refractivity contribution in [1.29, 1.82) is 0 Å². The Kier molecular flexibility index (Phi) is 6.48. The number of carboxylic acids is 1. The number of carboxylic acid groups (broad SMARTS) is 1. The highest BCUT2D eigenvalue weighted by molar-refractivity contribution is 5.91. The highest BCUT2D eigenvalue weighted by atomic mass is 16.4. The smallest absolute Gasteiger partial charge is 0.310 e. The van der Waals surface area contributed by atoms with Gasteiger partial charge >= 0.3 is 5.97 Å². The predicted octanol–water partition coefficient (Wildman–Crippen LogP) is 6.33. The van der Waals surface area contributed by atoms with Crippen molar-refractivity contribution in [3.05, 3.63) is 23.8 Å². The number of carbonyl (C=O) groups is 2. The Balaban J connectivity index is 1.57. The van der Waals surface area contributed by atoms with Gasteiger partial charge in [0.25, 0.3) is 0 Å². The highest BCUT2D eigenvalue weighted by Crippen LogP contribution is 2.68. The average molecular weight is 457 g/mol. The largest absolute Gasteiger partial charge is 0.481 e. The summed E-state index contributed by atoms with van der Waals surface area (Å²) >= 11 is 0. The van der Waals surface area contributed by atoms with Gasteiger partial charge in [0.15, 0.2) is 5.78 Å². The fraction of sp³-hybridized carbons (Fsp3) is 0.793. The van der Waals surface area contributed by atoms with Gasteiger partial charge in [0.05, 0.1) is 11.0 Å². The minimum atomic E-state index is -0.848. The third-order valence-electron chi connectivity index (χ3n) is 11.0. The SMILES string of the molecule is C=C(C)[C@@](O)(CC)CC[C@@H](C)[C@H]1CC[C@H]2[C@@H]3CCC4=CC(=O)CC[C@]4(C)[C@H]3CC[C@]12C(=O)O. The van der Waals surface area contributed by atoms with E-state index in [0.29, 0.717) is 31.1 Å². The standard InChI is InChI=1S/C29H44O4/c1-6-28(33,18(2)3)15-11-19(4)23-9-10-25-22-8-7-20-17-21(30)12-14-27(20,5)24(22)13-16-29(23,25)26(31)32/h17,19,22-25,33H,2,6-16H2,1,3-5H3,(H,31,32)/t19-,22-,23-,24+,25+,27+,28-,29+/m1/s1. The molecule has 0 radical (unpaired) electrons. The lowest BCUT2D eigenvalue weighted by molar-refractivity contribution is -0.167. The van der Waals surface area contributed by atoms with Crippen LogP contribution in [0.3, 0.4) is 0 Å². The fourth-order valence-electron chi connectivity index (χ4n) is 8.85. The van der Waals surface area contributed by atoms with Crippen molar-refractivity contribution in [1.82, 2.24) is 0 Å². The van der Waals surface area contributed by atoms with Crippen molar-refractivity contribution >= 4 is 11.8 Å². The first kappa shape index (κ1) is 24.7. The molecule has 0 spiro atoms. The van der Waals surface area contributed by atoms with Gasteiger partial charge in [0.1, 0.15) is 0 Å². The summed E-state index contributed by atoms with van der Waals surface area (Å²) in [7, 11) is 0. The van der Waals surface area contributed by atoms with Crippen LogP contribution < -0.4 is 0 Å². The Hall–Kier alpha value is -1.42. The van der Waals surface area contributed by atoms with Crippen LogP contribution in [0, 0.1) is 40.4 Å². The topological polar surface area (TPSA) is 74.6 Å². The summed E-state index contributed by atoms with van der Waals surface area (Å²) in [5, 5.41) is 21.6. The molecule has 184 valence electrons. The second-order valence-electron chi connectivity index (χ2n) is 12.2. The average Bonchev–Trinajstić information content (AvgIpc) is 3.19. The molecule has 33 heavy (non-hydrogen) atoms. The number of aliphatic hydroxyl groups is 1. The van der Waals surface area contributed by atoms with Crippen LogP contribution in [-0.4, -0.2) is 27.6 Å². The molecular formula is C29H44O4. The summed E-state index contributed by atoms with van der Waals surface area (Å²) in [5.74, 6) is 1.32. The first-order valence-corrected chi connectivity index (χ1v) is 13.3. The van der Waals surface area contributed by atoms with E-state index in [2.05, 4.69) is 20.4 Å². The lowest BCUT2D eigenvalue weighted by Gasteiger charge is -2.58. The van der Waals surface area contributed by atoms with Gasteiger partial charge in [-0.1, -0.05) is 32.9 Å². The van der Waals surface area contributed by atoms with E-state index in [1.807, 2.05) is 19.9 Å². The maximum Gasteiger partial charge on any atom is 0.310 e. The Bertz CT molecular complexity index is 858. The number of allylic oxidation sites excluding steroid dienone is 1. The maximum atomic E-state index is 13.0. The minimum absolute atomic E-state index is 0.0737. The molecule has 4 aliphatic rings. The number of rotatable bonds is 7. The van der Waals surface area contributed by atoms with E-state index in [-0.39, 0.29) is 29.0 Å². The molecule has 0 bridgehead atoms. The van der Waals surface area contributed by atoms with E-state index in [1.165, 1.54) is 5.57 Å². The van der Waals surface area contributed by atoms with Gasteiger partial charge in [0.2, 0.25) is 0 Å². The molecule has 0 unspecified atom stereocenters. The number of fused-ring (bicyclic) bond motifs is 5. The summed E-state index contributed by atoms with van der Waals surface area (Å²) < 4.78 is 0. The summed E-state index contributed by atoms with van der Waals surface area (Å²) in [6.45, 7) is 12.5. The summed E-state index contributed by atoms with van der Waals surface area (Å²) in [4.78, 5) is 25.1. The van der Waals surface area contributed by atoms with E-state index in [0.717, 1.165) is 56.9 Å². The fourth-order valence-corrected chi connectivity index (χ4v) is 8.85. The number of ketones is 1. The van der Waals surface area contributed by atoms with Crippen LogP contribution in [0.4, 0.5) is 0 Å². The molecule has 8 atom stereocenters. The Morgan fingerprint density at radius 1 is 1.21 bits per heavy atom. The molecule has 0 aromatic rings. The summed E-state index contributed by atoms with van der Waals surface area (Å²) in [5.41, 5.74) is 0.740. The van der Waals surface area contributed by atoms with Crippen LogP contribution in [-0.2, 0) is 9.59 Å². The van der Waals surface area contributed by atoms with Gasteiger partial charge in [0, 0.05) is 6.42 Å². The van der Waals surface area contributed by atoms with Gasteiger partial charge in [-0.05, 0) is 118 Å². The minimum Gasteiger partial charge on any atom is -0.481 e. The second-order valence-corrected chi connectivity index (χ2v) is 12.2. The first-order valence-electron chi connectivity index (χ1n) is 13.3. The summed E-state index contributed by atoms with van der Waals surface area (Å²) in [6, 6.07) is 0. The van der Waals surface area contributed by atoms with Gasteiger partial charge < -0.3 is 10.2 Å². The molecule has 4 aliphatic carbocycles. The Morgan fingerprint density at radius 2 is 1.94 bits per heavy atom. The number of aliphatic carboxylic acids is 1. The molecule has 0 aromatic carbocycles. The van der Waals surface area contributed by atoms with Crippen LogP contribution in [0.1, 0.15) is 98.3 Å². The molecule has 0 saturated heterocycles. The van der Waals surface area contributed by atoms with Crippen molar-refractivity contribution in [3.8, 4) is 0 Å². The van der Waals surface area contributed by atoms with Gasteiger partial charge in [-0.3, -0.25) is 9.59 Å². The van der Waals surface area contributed by atoms with E-state index in [4.69, 9.17) is 0 Å². The predicted molar refractivity (Wildman–Crippen MR) is 131 cm³/mol. The molecule has 3 fully saturated rings. The van der Waals surface area contributed by atoms with E-state index >= 15 is 0 Å². The first-order chi connectivity index (χ1) is 15.5. The highest BCUT2D eigenvalue weighted by Gasteiger charge is 2.64. The lowest BCUT2D eigenvalue weighted by atomic mass is 9.46. The zero-order chi connectivity index (χ0) is 24.2. The molecule has 3 saturated carbocycles. The van der Waals surface area contributed by atoms with Crippen molar-refractivity contribution < 1.29 is 19.8 Å². The molecule has 0 heterocycles. The molecular weight excluding hydrogens is 412 g/mol. The van der Waals surface area contributed by atoms with Crippen molar-refractivity contribution in [2.24, 2.45) is 40.4 Å². The molecule has 4 rings (SSSR count). The summed E-state index contributed by atoms with van der Waals surface area (Å²) in [6.07, 6.45) is 11.3. The van der Waals surface area contributed by atoms with Gasteiger partial charge in [-0.2, -0.15) is 0 Å². The van der Waals surface area contributed by atoms with Crippen LogP contribution in [0.2, 0.25) is 0 Å². The Morgan fingerprint density at radius 3 is 2.58 bits per heavy atom. The lowest BCUT2D eigenvalue weighted by Crippen LogP contribution is -2.54. The quantitative estimate of drug-likeness (QED) is 0.439. The van der Waals surface area contributed by atoms with Crippen LogP contribution in [0.5, 0.6) is 0 Å². The van der Waals surface area contributed by atoms with Crippen LogP contribution in [0.15, 0.2) is 23.8 Å². The van der Waals surface area contributed by atoms with E-state index < -0.39 is 17.0 Å². The molecule has 4 nitrogen and oxygen atoms in total. The number of hydrogen-bond donors (Lipinski definition) is 2. The second kappa shape index (κ2) is 8.66. The van der Waals surface area contributed by atoms with Crippen molar-refractivity contribution in [2.75, 3.05) is 0 Å². The van der Waals surface area contributed by atoms with Crippen LogP contribution in [0.25, 0.3) is 0 Å². The zero-order valence-electron chi connectivity index (χ0n) is 21.2. The normalized spacial score (nSPS) is 40.6. The van der Waals surface area contributed by atoms with E-state index in [9.17, 15) is 19.8 Å². The van der Waals surface area contributed by atoms with E-state index in [1.54, 1.807) is 0 Å². The number of hydrogen-bond acceptors (Lipinski definition) is 3. The molecule has 0 aliphatic heterocycles. The molecule has 0 aromatic heterocycles. The molecule has 0 amide bonds. The maximum absolute atomic E-state index is 13.0. The molecule has 4 heteroatoms. The van der Waals surface area contributed by atoms with Crippen LogP contribution >= 0.6 is 0 Å². The number of carbonyl (C=O) groups excluding carboxylic acids is 1. The third kappa shape index (κ3) is 3.75. The zero-order valence-corrected chi connectivity index (χ0v) is 21.2. The van der Waals surface area contributed by atoms with Gasteiger partial charge in [-0.15, -0.1) is 0 Å². The Labute approximate surface area is 199 Å². The van der Waals surface area contributed by atoms with Crippen molar-refractivity contribution in [3.63, 3.8) is 0 Å². The monoisotopic (exact) mass is 456 g/mol. The van der Waals surface area contributed by atoms with Crippen molar-refractivity contribution in [2.45, 2.75) is 104 Å². The van der Waals surface area contributed by atoms with Gasteiger partial charge in [-0.25, -0.2) is 0 Å². The third-order valence-corrected chi connectivity index (χ3v) is 11.0. The molecule has 2 N–H and O–H groups in total.